The van der Waals surface area contributed by atoms with E-state index in [1.807, 2.05) is 28.6 Å². The van der Waals surface area contributed by atoms with Crippen molar-refractivity contribution in [2.24, 2.45) is 0 Å². The lowest BCUT2D eigenvalue weighted by molar-refractivity contribution is 0.0636. The average Bonchev–Trinajstić information content (AvgIpc) is 3.14. The molecule has 120 valence electrons. The predicted octanol–water partition coefficient (Wildman–Crippen LogP) is 1.73. The summed E-state index contributed by atoms with van der Waals surface area (Å²) in [5.41, 5.74) is 4.53. The molecule has 7 heteroatoms. The molecule has 2 aliphatic rings. The molecule has 0 aromatic carbocycles. The number of hydrogen-bond acceptors (Lipinski definition) is 5. The molecule has 0 radical (unpaired) electrons. The lowest BCUT2D eigenvalue weighted by atomic mass is 9.98. The maximum absolute atomic E-state index is 12.9. The fraction of sp³-hybridized carbons (Fsp3) is 0.353. The van der Waals surface area contributed by atoms with Crippen LogP contribution in [0.1, 0.15) is 46.3 Å². The molecule has 2 bridgehead atoms. The van der Waals surface area contributed by atoms with Crippen molar-refractivity contribution >= 4 is 11.6 Å². The van der Waals surface area contributed by atoms with Gasteiger partial charge in [0.25, 0.3) is 5.91 Å². The highest BCUT2D eigenvalue weighted by atomic mass is 16.2. The molecule has 5 rings (SSSR count). The molecule has 3 aromatic heterocycles. The summed E-state index contributed by atoms with van der Waals surface area (Å²) in [5, 5.41) is 4.58. The van der Waals surface area contributed by atoms with Crippen LogP contribution in [0.2, 0.25) is 0 Å². The van der Waals surface area contributed by atoms with E-state index in [9.17, 15) is 4.79 Å². The van der Waals surface area contributed by atoms with Crippen LogP contribution in [0.5, 0.6) is 0 Å². The van der Waals surface area contributed by atoms with Gasteiger partial charge in [0.2, 0.25) is 0 Å². The molecule has 7 nitrogen and oxygen atoms in total. The summed E-state index contributed by atoms with van der Waals surface area (Å²) in [4.78, 5) is 27.6. The zero-order valence-electron chi connectivity index (χ0n) is 13.3. The van der Waals surface area contributed by atoms with Gasteiger partial charge >= 0.3 is 0 Å². The van der Waals surface area contributed by atoms with Crippen LogP contribution < -0.4 is 0 Å². The summed E-state index contributed by atoms with van der Waals surface area (Å²) >= 11 is 0. The van der Waals surface area contributed by atoms with E-state index in [-0.39, 0.29) is 18.0 Å². The Hall–Kier alpha value is -2.83. The third-order valence-electron chi connectivity index (χ3n) is 5.04. The molecule has 0 saturated carbocycles. The highest BCUT2D eigenvalue weighted by Gasteiger charge is 2.44. The van der Waals surface area contributed by atoms with Crippen molar-refractivity contribution in [1.29, 1.82) is 0 Å². The van der Waals surface area contributed by atoms with Gasteiger partial charge in [-0.25, -0.2) is 14.5 Å². The maximum atomic E-state index is 12.9. The van der Waals surface area contributed by atoms with Crippen molar-refractivity contribution in [1.82, 2.24) is 29.5 Å². The van der Waals surface area contributed by atoms with E-state index in [1.54, 1.807) is 12.4 Å². The van der Waals surface area contributed by atoms with Crippen LogP contribution in [-0.2, 0) is 6.42 Å². The molecule has 24 heavy (non-hydrogen) atoms. The first-order chi connectivity index (χ1) is 11.7. The molecule has 0 aliphatic carbocycles. The third-order valence-corrected chi connectivity index (χ3v) is 5.04. The van der Waals surface area contributed by atoms with Gasteiger partial charge in [-0.1, -0.05) is 0 Å². The number of hydrogen-bond donors (Lipinski definition) is 0. The molecule has 1 amide bonds. The Balaban J connectivity index is 1.61. The molecule has 0 spiro atoms. The summed E-state index contributed by atoms with van der Waals surface area (Å²) < 4.78 is 1.94. The predicted molar refractivity (Wildman–Crippen MR) is 85.4 cm³/mol. The Morgan fingerprint density at radius 2 is 2.12 bits per heavy atom. The summed E-state index contributed by atoms with van der Waals surface area (Å²) in [5.74, 6) is -0.0435. The van der Waals surface area contributed by atoms with Crippen molar-refractivity contribution in [3.05, 3.63) is 53.5 Å². The van der Waals surface area contributed by atoms with Crippen molar-refractivity contribution in [3.8, 4) is 0 Å². The van der Waals surface area contributed by atoms with E-state index in [2.05, 4.69) is 20.1 Å². The Labute approximate surface area is 138 Å². The number of aromatic nitrogens is 5. The monoisotopic (exact) mass is 320 g/mol. The second-order valence-electron chi connectivity index (χ2n) is 6.47. The fourth-order valence-corrected chi connectivity index (χ4v) is 4.05. The van der Waals surface area contributed by atoms with E-state index in [0.29, 0.717) is 5.69 Å². The first kappa shape index (κ1) is 13.6. The zero-order chi connectivity index (χ0) is 16.3. The fourth-order valence-electron chi connectivity index (χ4n) is 4.05. The second-order valence-corrected chi connectivity index (χ2v) is 6.47. The number of amides is 1. The lowest BCUT2D eigenvalue weighted by Gasteiger charge is -2.35. The van der Waals surface area contributed by atoms with Crippen molar-refractivity contribution in [3.63, 3.8) is 0 Å². The number of rotatable bonds is 1. The normalized spacial score (nSPS) is 22.0. The Bertz CT molecular complexity index is 950. The van der Waals surface area contributed by atoms with Crippen LogP contribution in [0.4, 0.5) is 0 Å². The van der Waals surface area contributed by atoms with Crippen molar-refractivity contribution in [2.75, 3.05) is 0 Å². The minimum Gasteiger partial charge on any atom is -0.327 e. The van der Waals surface area contributed by atoms with Gasteiger partial charge in [-0.15, -0.1) is 0 Å². The van der Waals surface area contributed by atoms with Gasteiger partial charge < -0.3 is 4.90 Å². The largest absolute Gasteiger partial charge is 0.327 e. The van der Waals surface area contributed by atoms with E-state index < -0.39 is 0 Å². The van der Waals surface area contributed by atoms with Crippen LogP contribution in [0.25, 0.3) is 5.65 Å². The SMILES string of the molecule is Cc1cc2ncc3c(n2n1)C[C@@H]1CC[C@H]3N1C(=O)c1cnccn1. The number of fused-ring (bicyclic) bond motifs is 6. The van der Waals surface area contributed by atoms with E-state index in [1.165, 1.54) is 11.9 Å². The van der Waals surface area contributed by atoms with E-state index in [4.69, 9.17) is 0 Å². The van der Waals surface area contributed by atoms with Gasteiger partial charge in [-0.2, -0.15) is 5.10 Å². The first-order valence-electron chi connectivity index (χ1n) is 8.15. The quantitative estimate of drug-likeness (QED) is 0.682. The molecule has 3 aromatic rings. The topological polar surface area (TPSA) is 76.3 Å². The minimum atomic E-state index is -0.0435. The van der Waals surface area contributed by atoms with E-state index >= 15 is 0 Å². The Morgan fingerprint density at radius 3 is 2.96 bits per heavy atom. The highest BCUT2D eigenvalue weighted by molar-refractivity contribution is 5.93. The van der Waals surface area contributed by atoms with Crippen LogP contribution in [0.3, 0.4) is 0 Å². The van der Waals surface area contributed by atoms with E-state index in [0.717, 1.165) is 36.2 Å². The van der Waals surface area contributed by atoms with Gasteiger partial charge in [0.05, 0.1) is 23.6 Å². The summed E-state index contributed by atoms with van der Waals surface area (Å²) in [6, 6.07) is 2.22. The molecule has 0 N–H and O–H groups in total. The van der Waals surface area contributed by atoms with Crippen LogP contribution in [0.15, 0.2) is 30.9 Å². The van der Waals surface area contributed by atoms with Crippen LogP contribution in [-0.4, -0.2) is 41.4 Å². The zero-order valence-corrected chi connectivity index (χ0v) is 13.3. The van der Waals surface area contributed by atoms with Crippen LogP contribution in [0, 0.1) is 6.92 Å². The highest BCUT2D eigenvalue weighted by Crippen LogP contribution is 2.44. The second kappa shape index (κ2) is 4.83. The summed E-state index contributed by atoms with van der Waals surface area (Å²) in [7, 11) is 0. The summed E-state index contributed by atoms with van der Waals surface area (Å²) in [6.07, 6.45) is 9.34. The Kier molecular flexibility index (Phi) is 2.74. The molecular weight excluding hydrogens is 304 g/mol. The maximum Gasteiger partial charge on any atom is 0.274 e. The first-order valence-corrected chi connectivity index (χ1v) is 8.15. The standard InChI is InChI=1S/C17H16N6O/c1-10-6-16-20-8-12-14-3-2-11(7-15(12)23(16)21-10)22(14)17(24)13-9-18-4-5-19-13/h4-6,8-9,11,14H,2-3,7H2,1H3/t11-,14+/m0/s1. The van der Waals surface area contributed by atoms with Crippen molar-refractivity contribution < 1.29 is 4.79 Å². The molecule has 1 saturated heterocycles. The molecule has 2 aliphatic heterocycles. The van der Waals surface area contributed by atoms with Gasteiger partial charge in [-0.3, -0.25) is 9.78 Å². The molecule has 1 fully saturated rings. The van der Waals surface area contributed by atoms with Crippen LogP contribution >= 0.6 is 0 Å². The van der Waals surface area contributed by atoms with Gasteiger partial charge in [0.1, 0.15) is 5.69 Å². The smallest absolute Gasteiger partial charge is 0.274 e. The molecular formula is C17H16N6O. The summed E-state index contributed by atoms with van der Waals surface area (Å²) in [6.45, 7) is 1.97. The number of nitrogens with zero attached hydrogens (tertiary/aromatic N) is 6. The van der Waals surface area contributed by atoms with Gasteiger partial charge in [-0.05, 0) is 19.8 Å². The number of aryl methyl sites for hydroxylation is 1. The molecule has 5 heterocycles. The number of carbonyl (C=O) groups excluding carboxylic acids is 1. The van der Waals surface area contributed by atoms with Crippen molar-refractivity contribution in [2.45, 2.75) is 38.3 Å². The minimum absolute atomic E-state index is 0.0435. The molecule has 2 atom stereocenters. The number of carbonyl (C=O) groups is 1. The third kappa shape index (κ3) is 1.81. The average molecular weight is 320 g/mol. The Morgan fingerprint density at radius 1 is 1.21 bits per heavy atom. The molecule has 0 unspecified atom stereocenters. The van der Waals surface area contributed by atoms with Gasteiger partial charge in [0, 0.05) is 42.7 Å². The lowest BCUT2D eigenvalue weighted by Crippen LogP contribution is -2.43. The van der Waals surface area contributed by atoms with Gasteiger partial charge in [0.15, 0.2) is 5.65 Å².